The van der Waals surface area contributed by atoms with E-state index in [2.05, 4.69) is 51.9 Å². The summed E-state index contributed by atoms with van der Waals surface area (Å²) in [5.74, 6) is -1.53. The third kappa shape index (κ3) is 10.8. The molecular formula is C40H64N4O7. The van der Waals surface area contributed by atoms with Crippen LogP contribution in [0.25, 0.3) is 10.8 Å². The summed E-state index contributed by atoms with van der Waals surface area (Å²) >= 11 is 0. The van der Waals surface area contributed by atoms with Crippen LogP contribution in [0.1, 0.15) is 66.4 Å². The van der Waals surface area contributed by atoms with Crippen molar-refractivity contribution in [2.75, 3.05) is 67.6 Å². The summed E-state index contributed by atoms with van der Waals surface area (Å²) in [7, 11) is 7.74. The van der Waals surface area contributed by atoms with E-state index >= 15 is 0 Å². The second-order valence-corrected chi connectivity index (χ2v) is 16.3. The third-order valence-electron chi connectivity index (χ3n) is 10.8. The highest BCUT2D eigenvalue weighted by Crippen LogP contribution is 2.38. The number of ether oxygens (including phenoxy) is 4. The van der Waals surface area contributed by atoms with Crippen LogP contribution < -0.4 is 0 Å². The molecule has 2 aliphatic heterocycles. The van der Waals surface area contributed by atoms with Crippen molar-refractivity contribution in [2.24, 2.45) is 23.2 Å². The number of benzene rings is 1. The van der Waals surface area contributed by atoms with Gasteiger partial charge in [-0.05, 0) is 97.1 Å². The van der Waals surface area contributed by atoms with Gasteiger partial charge in [-0.1, -0.05) is 26.0 Å². The predicted octanol–water partition coefficient (Wildman–Crippen LogP) is 4.64. The Hall–Kier alpha value is -2.51. The Kier molecular flexibility index (Phi) is 14.6. The highest BCUT2D eigenvalue weighted by molar-refractivity contribution is 6.04. The van der Waals surface area contributed by atoms with Crippen LogP contribution in [0.5, 0.6) is 0 Å². The van der Waals surface area contributed by atoms with Crippen molar-refractivity contribution in [3.63, 3.8) is 0 Å². The summed E-state index contributed by atoms with van der Waals surface area (Å²) in [6.45, 7) is 16.1. The zero-order chi connectivity index (χ0) is 37.5. The van der Waals surface area contributed by atoms with Crippen LogP contribution in [-0.4, -0.2) is 134 Å². The standard InChI is InChI=1S/C40H64N4O7/c1-27-22-40(6,48-10)36(51-37-34(45)33(26-42(7)8)20-28(2)50-37)29(3)35(46)39(4,5)38(47)49-19-11-16-44(18-17-43(9)24-27)25-30-12-13-32-23-41-15-14-31(32)21-30/h12-15,21,23,27-29,33-34,36-37,45H,11,16-20,22,24-26H2,1-10H3/t27-,28-,29+,33-,34-,36-,37+,40-/m1/s1. The fourth-order valence-electron chi connectivity index (χ4n) is 8.06. The Labute approximate surface area is 305 Å². The van der Waals surface area contributed by atoms with Gasteiger partial charge < -0.3 is 33.9 Å². The summed E-state index contributed by atoms with van der Waals surface area (Å²) in [6.07, 6.45) is 2.79. The first-order chi connectivity index (χ1) is 24.0. The highest BCUT2D eigenvalue weighted by atomic mass is 16.7. The average Bonchev–Trinajstić information content (AvgIpc) is 3.07. The fourth-order valence-corrected chi connectivity index (χ4v) is 8.06. The first kappa shape index (κ1) is 41.2. The number of esters is 1. The lowest BCUT2D eigenvalue weighted by molar-refractivity contribution is -0.297. The molecule has 4 rings (SSSR count). The molecule has 1 aromatic heterocycles. The number of nitrogens with zero attached hydrogens (tertiary/aromatic N) is 4. The number of carbonyl (C=O) groups excluding carboxylic acids is 2. The number of hydrogen-bond donors (Lipinski definition) is 1. The van der Waals surface area contributed by atoms with Gasteiger partial charge in [0, 0.05) is 76.0 Å². The van der Waals surface area contributed by atoms with Gasteiger partial charge in [0.1, 0.15) is 11.5 Å². The monoisotopic (exact) mass is 712 g/mol. The van der Waals surface area contributed by atoms with Crippen molar-refractivity contribution >= 4 is 22.5 Å². The van der Waals surface area contributed by atoms with Gasteiger partial charge in [-0.15, -0.1) is 0 Å². The van der Waals surface area contributed by atoms with Gasteiger partial charge in [0.2, 0.25) is 0 Å². The highest BCUT2D eigenvalue weighted by Gasteiger charge is 2.51. The molecule has 0 spiro atoms. The maximum Gasteiger partial charge on any atom is 0.319 e. The molecule has 0 aliphatic carbocycles. The quantitative estimate of drug-likeness (QED) is 0.320. The van der Waals surface area contributed by atoms with Gasteiger partial charge in [-0.3, -0.25) is 19.5 Å². The molecule has 51 heavy (non-hydrogen) atoms. The van der Waals surface area contributed by atoms with Gasteiger partial charge >= 0.3 is 5.97 Å². The largest absolute Gasteiger partial charge is 0.465 e. The first-order valence-corrected chi connectivity index (χ1v) is 18.7. The molecule has 2 saturated heterocycles. The molecule has 0 unspecified atom stereocenters. The molecule has 2 aromatic rings. The number of cyclic esters (lactones) is 1. The number of rotatable bonds is 7. The number of aromatic nitrogens is 1. The van der Waals surface area contributed by atoms with E-state index in [9.17, 15) is 14.7 Å². The number of aliphatic hydroxyl groups is 1. The lowest BCUT2D eigenvalue weighted by Gasteiger charge is -2.46. The Balaban J connectivity index is 1.59. The molecule has 0 saturated carbocycles. The van der Waals surface area contributed by atoms with E-state index in [1.54, 1.807) is 27.9 Å². The smallest absolute Gasteiger partial charge is 0.319 e. The Bertz CT molecular complexity index is 1440. The number of ketones is 1. The predicted molar refractivity (Wildman–Crippen MR) is 199 cm³/mol. The second-order valence-electron chi connectivity index (χ2n) is 16.3. The molecule has 11 nitrogen and oxygen atoms in total. The van der Waals surface area contributed by atoms with Gasteiger partial charge in [0.05, 0.1) is 24.4 Å². The van der Waals surface area contributed by atoms with Crippen molar-refractivity contribution in [3.05, 3.63) is 42.2 Å². The van der Waals surface area contributed by atoms with E-state index in [0.717, 1.165) is 43.5 Å². The zero-order valence-electron chi connectivity index (χ0n) is 32.8. The Morgan fingerprint density at radius 3 is 2.51 bits per heavy atom. The van der Waals surface area contributed by atoms with Crippen LogP contribution >= 0.6 is 0 Å². The van der Waals surface area contributed by atoms with Crippen LogP contribution in [0, 0.1) is 23.2 Å². The lowest BCUT2D eigenvalue weighted by Crippen LogP contribution is -2.57. The normalized spacial score (nSPS) is 32.9. The fraction of sp³-hybridized carbons (Fsp3) is 0.725. The average molecular weight is 713 g/mol. The second kappa shape index (κ2) is 18.0. The number of hydrogen-bond acceptors (Lipinski definition) is 11. The zero-order valence-corrected chi connectivity index (χ0v) is 32.8. The van der Waals surface area contributed by atoms with Crippen LogP contribution in [-0.2, 0) is 35.1 Å². The van der Waals surface area contributed by atoms with Gasteiger partial charge in [0.15, 0.2) is 12.1 Å². The minimum Gasteiger partial charge on any atom is -0.465 e. The van der Waals surface area contributed by atoms with Crippen molar-refractivity contribution in [1.82, 2.24) is 19.7 Å². The van der Waals surface area contributed by atoms with Crippen LogP contribution in [0.2, 0.25) is 0 Å². The molecule has 2 aliphatic rings. The van der Waals surface area contributed by atoms with Crippen LogP contribution in [0.4, 0.5) is 0 Å². The number of pyridine rings is 1. The van der Waals surface area contributed by atoms with Crippen molar-refractivity contribution in [3.8, 4) is 0 Å². The minimum absolute atomic E-state index is 0.0687. The molecule has 3 heterocycles. The van der Waals surface area contributed by atoms with E-state index in [4.69, 9.17) is 18.9 Å². The molecule has 1 aromatic carbocycles. The van der Waals surface area contributed by atoms with E-state index in [0.29, 0.717) is 25.8 Å². The van der Waals surface area contributed by atoms with Gasteiger partial charge in [0.25, 0.3) is 0 Å². The number of carbonyl (C=O) groups is 2. The van der Waals surface area contributed by atoms with Gasteiger partial charge in [-0.2, -0.15) is 0 Å². The number of likely N-dealkylation sites (N-methyl/N-ethyl adjacent to an activating group) is 1. The summed E-state index contributed by atoms with van der Waals surface area (Å²) in [5.41, 5.74) is -1.16. The van der Waals surface area contributed by atoms with E-state index in [1.165, 1.54) is 5.56 Å². The molecule has 286 valence electrons. The third-order valence-corrected chi connectivity index (χ3v) is 10.8. The molecule has 0 amide bonds. The first-order valence-electron chi connectivity index (χ1n) is 18.7. The molecule has 2 fully saturated rings. The number of methoxy groups -OCH3 is 1. The maximum absolute atomic E-state index is 14.4. The number of Topliss-reactive ketones (excluding diaryl/α,β-unsaturated/α-hetero) is 1. The lowest BCUT2D eigenvalue weighted by atomic mass is 9.74. The SMILES string of the molecule is CO[C@]1(C)C[C@@H](C)CN(C)CCN(Cc2ccc3cnccc3c2)CCCOC(=O)C(C)(C)C(=O)[C@H](C)[C@H]1O[C@@H]1O[C@H](C)C[C@H](CN(C)C)[C@H]1O. The Morgan fingerprint density at radius 1 is 1.06 bits per heavy atom. The number of aliphatic hydroxyl groups excluding tert-OH is 1. The summed E-state index contributed by atoms with van der Waals surface area (Å²) < 4.78 is 25.0. The maximum atomic E-state index is 14.4. The summed E-state index contributed by atoms with van der Waals surface area (Å²) in [6, 6.07) is 8.51. The van der Waals surface area contributed by atoms with Crippen LogP contribution in [0.3, 0.4) is 0 Å². The Morgan fingerprint density at radius 2 is 1.80 bits per heavy atom. The van der Waals surface area contributed by atoms with E-state index in [1.807, 2.05) is 46.4 Å². The van der Waals surface area contributed by atoms with Crippen molar-refractivity contribution in [1.29, 1.82) is 0 Å². The van der Waals surface area contributed by atoms with Crippen molar-refractivity contribution < 1.29 is 33.6 Å². The molecule has 1 N–H and O–H groups in total. The molecule has 8 atom stereocenters. The summed E-state index contributed by atoms with van der Waals surface area (Å²) in [5, 5.41) is 13.8. The molecule has 0 radical (unpaired) electrons. The molecule has 11 heteroatoms. The molecular weight excluding hydrogens is 648 g/mol. The minimum atomic E-state index is -1.43. The van der Waals surface area contributed by atoms with E-state index in [-0.39, 0.29) is 30.3 Å². The van der Waals surface area contributed by atoms with Gasteiger partial charge in [-0.25, -0.2) is 0 Å². The summed E-state index contributed by atoms with van der Waals surface area (Å²) in [4.78, 5) is 39.0. The van der Waals surface area contributed by atoms with E-state index < -0.39 is 41.4 Å². The van der Waals surface area contributed by atoms with Crippen molar-refractivity contribution in [2.45, 2.75) is 97.6 Å². The number of fused-ring (bicyclic) bond motifs is 1. The molecule has 0 bridgehead atoms. The van der Waals surface area contributed by atoms with Crippen LogP contribution in [0.15, 0.2) is 36.7 Å². The topological polar surface area (TPSA) is 114 Å².